The molecule has 0 aliphatic heterocycles. The summed E-state index contributed by atoms with van der Waals surface area (Å²) in [5, 5.41) is 10.0. The van der Waals surface area contributed by atoms with Crippen molar-refractivity contribution in [3.63, 3.8) is 0 Å². The summed E-state index contributed by atoms with van der Waals surface area (Å²) in [4.78, 5) is 0. The third-order valence-corrected chi connectivity index (χ3v) is 3.15. The van der Waals surface area contributed by atoms with Crippen LogP contribution in [0.2, 0.25) is 0 Å². The van der Waals surface area contributed by atoms with Gasteiger partial charge < -0.3 is 5.11 Å². The predicted molar refractivity (Wildman–Crippen MR) is 54.0 cm³/mol. The molecule has 1 aromatic carbocycles. The van der Waals surface area contributed by atoms with Crippen LogP contribution in [0.15, 0.2) is 18.2 Å². The Kier molecular flexibility index (Phi) is 2.49. The zero-order valence-corrected chi connectivity index (χ0v) is 8.93. The van der Waals surface area contributed by atoms with Gasteiger partial charge in [-0.15, -0.1) is 0 Å². The van der Waals surface area contributed by atoms with Crippen molar-refractivity contribution < 1.29 is 18.3 Å². The minimum atomic E-state index is -4.33. The summed E-state index contributed by atoms with van der Waals surface area (Å²) >= 11 is 0. The van der Waals surface area contributed by atoms with Gasteiger partial charge in [0.2, 0.25) is 0 Å². The molecule has 4 heteroatoms. The van der Waals surface area contributed by atoms with E-state index in [2.05, 4.69) is 0 Å². The molecule has 0 bridgehead atoms. The quantitative estimate of drug-likeness (QED) is 0.725. The lowest BCUT2D eigenvalue weighted by Gasteiger charge is -2.32. The lowest BCUT2D eigenvalue weighted by atomic mass is 9.78. The molecule has 0 heterocycles. The van der Waals surface area contributed by atoms with Crippen LogP contribution in [-0.4, -0.2) is 5.11 Å². The Morgan fingerprint density at radius 2 is 2.00 bits per heavy atom. The molecule has 1 N–H and O–H groups in total. The van der Waals surface area contributed by atoms with E-state index in [0.717, 1.165) is 6.07 Å². The highest BCUT2D eigenvalue weighted by atomic mass is 19.4. The van der Waals surface area contributed by atoms with Crippen LogP contribution in [0, 0.1) is 0 Å². The number of halogens is 3. The first-order valence-corrected chi connectivity index (χ1v) is 5.24. The van der Waals surface area contributed by atoms with E-state index in [-0.39, 0.29) is 5.56 Å². The summed E-state index contributed by atoms with van der Waals surface area (Å²) < 4.78 is 38.2. The number of aliphatic hydroxyl groups is 1. The highest BCUT2D eigenvalue weighted by Crippen LogP contribution is 2.41. The Labute approximate surface area is 91.9 Å². The van der Waals surface area contributed by atoms with E-state index in [1.807, 2.05) is 0 Å². The molecule has 0 fully saturated rings. The maximum Gasteiger partial charge on any atom is 0.416 e. The highest BCUT2D eigenvalue weighted by molar-refractivity contribution is 5.41. The second kappa shape index (κ2) is 3.48. The van der Waals surface area contributed by atoms with Gasteiger partial charge in [0.1, 0.15) is 0 Å². The van der Waals surface area contributed by atoms with Crippen LogP contribution in [0.25, 0.3) is 0 Å². The van der Waals surface area contributed by atoms with E-state index in [0.29, 0.717) is 24.8 Å². The average molecular weight is 230 g/mol. The second-order valence-electron chi connectivity index (χ2n) is 4.46. The maximum atomic E-state index is 12.7. The van der Waals surface area contributed by atoms with Gasteiger partial charge in [0.15, 0.2) is 0 Å². The van der Waals surface area contributed by atoms with Crippen molar-refractivity contribution in [2.45, 2.75) is 38.0 Å². The topological polar surface area (TPSA) is 20.2 Å². The summed E-state index contributed by atoms with van der Waals surface area (Å²) in [6, 6.07) is 4.03. The van der Waals surface area contributed by atoms with Gasteiger partial charge >= 0.3 is 6.18 Å². The molecule has 2 rings (SSSR count). The van der Waals surface area contributed by atoms with Crippen molar-refractivity contribution in [1.29, 1.82) is 0 Å². The van der Waals surface area contributed by atoms with E-state index in [9.17, 15) is 18.3 Å². The first-order chi connectivity index (χ1) is 7.32. The van der Waals surface area contributed by atoms with E-state index >= 15 is 0 Å². The van der Waals surface area contributed by atoms with Gasteiger partial charge in [-0.25, -0.2) is 0 Å². The summed E-state index contributed by atoms with van der Waals surface area (Å²) in [7, 11) is 0. The smallest absolute Gasteiger partial charge is 0.385 e. The highest BCUT2D eigenvalue weighted by Gasteiger charge is 2.38. The third-order valence-electron chi connectivity index (χ3n) is 3.15. The Bertz CT molecular complexity index is 393. The first-order valence-electron chi connectivity index (χ1n) is 5.24. The summed E-state index contributed by atoms with van der Waals surface area (Å²) in [5.74, 6) is 0. The molecule has 0 amide bonds. The van der Waals surface area contributed by atoms with Crippen molar-refractivity contribution in [1.82, 2.24) is 0 Å². The minimum absolute atomic E-state index is 0.256. The summed E-state index contributed by atoms with van der Waals surface area (Å²) in [6.07, 6.45) is -2.84. The van der Waals surface area contributed by atoms with Gasteiger partial charge in [-0.1, -0.05) is 12.1 Å². The Hall–Kier alpha value is -1.03. The standard InChI is InChI=1S/C12H13F3O/c1-11(16)7-3-4-8-9(11)5-2-6-10(8)12(13,14)15/h2,5-6,16H,3-4,7H2,1H3. The number of fused-ring (bicyclic) bond motifs is 1. The SMILES string of the molecule is CC1(O)CCCc2c(C(F)(F)F)cccc21. The molecule has 1 aliphatic rings. The van der Waals surface area contributed by atoms with Crippen molar-refractivity contribution in [2.24, 2.45) is 0 Å². The first kappa shape index (κ1) is 11.5. The second-order valence-corrected chi connectivity index (χ2v) is 4.46. The number of hydrogen-bond donors (Lipinski definition) is 1. The van der Waals surface area contributed by atoms with Gasteiger partial charge in [0.25, 0.3) is 0 Å². The molecule has 16 heavy (non-hydrogen) atoms. The molecular weight excluding hydrogens is 217 g/mol. The molecule has 1 unspecified atom stereocenters. The molecule has 1 nitrogen and oxygen atoms in total. The van der Waals surface area contributed by atoms with E-state index in [4.69, 9.17) is 0 Å². The van der Waals surface area contributed by atoms with Crippen LogP contribution in [-0.2, 0) is 18.2 Å². The Balaban J connectivity index is 2.61. The fourth-order valence-corrected chi connectivity index (χ4v) is 2.37. The zero-order chi connectivity index (χ0) is 12.0. The predicted octanol–water partition coefficient (Wildman–Crippen LogP) is 3.25. The van der Waals surface area contributed by atoms with Crippen LogP contribution >= 0.6 is 0 Å². The number of alkyl halides is 3. The van der Waals surface area contributed by atoms with Gasteiger partial charge in [-0.2, -0.15) is 13.2 Å². The summed E-state index contributed by atoms with van der Waals surface area (Å²) in [6.45, 7) is 1.57. The molecular formula is C12H13F3O. The fourth-order valence-electron chi connectivity index (χ4n) is 2.37. The van der Waals surface area contributed by atoms with Crippen molar-refractivity contribution in [2.75, 3.05) is 0 Å². The fraction of sp³-hybridized carbons (Fsp3) is 0.500. The van der Waals surface area contributed by atoms with Crippen LogP contribution in [0.3, 0.4) is 0 Å². The lowest BCUT2D eigenvalue weighted by Crippen LogP contribution is -2.28. The molecule has 1 atom stereocenters. The van der Waals surface area contributed by atoms with Crippen molar-refractivity contribution >= 4 is 0 Å². The third kappa shape index (κ3) is 1.82. The van der Waals surface area contributed by atoms with Crippen molar-refractivity contribution in [3.05, 3.63) is 34.9 Å². The molecule has 0 spiro atoms. The zero-order valence-electron chi connectivity index (χ0n) is 8.93. The van der Waals surface area contributed by atoms with Gasteiger partial charge in [0, 0.05) is 0 Å². The van der Waals surface area contributed by atoms with Crippen molar-refractivity contribution in [3.8, 4) is 0 Å². The molecule has 0 aromatic heterocycles. The van der Waals surface area contributed by atoms with Crippen LogP contribution in [0.1, 0.15) is 36.5 Å². The number of hydrogen-bond acceptors (Lipinski definition) is 1. The number of benzene rings is 1. The average Bonchev–Trinajstić information content (AvgIpc) is 2.15. The van der Waals surface area contributed by atoms with Crippen LogP contribution < -0.4 is 0 Å². The largest absolute Gasteiger partial charge is 0.416 e. The Morgan fingerprint density at radius 1 is 1.31 bits per heavy atom. The molecule has 0 saturated carbocycles. The van der Waals surface area contributed by atoms with E-state index < -0.39 is 17.3 Å². The molecule has 88 valence electrons. The minimum Gasteiger partial charge on any atom is -0.385 e. The van der Waals surface area contributed by atoms with Crippen LogP contribution in [0.4, 0.5) is 13.2 Å². The normalized spacial score (nSPS) is 25.3. The van der Waals surface area contributed by atoms with Gasteiger partial charge in [0.05, 0.1) is 11.2 Å². The Morgan fingerprint density at radius 3 is 2.62 bits per heavy atom. The van der Waals surface area contributed by atoms with Crippen LogP contribution in [0.5, 0.6) is 0 Å². The molecule has 0 saturated heterocycles. The van der Waals surface area contributed by atoms with E-state index in [1.165, 1.54) is 6.07 Å². The monoisotopic (exact) mass is 230 g/mol. The lowest BCUT2D eigenvalue weighted by molar-refractivity contribution is -0.138. The molecule has 0 radical (unpaired) electrons. The van der Waals surface area contributed by atoms with E-state index in [1.54, 1.807) is 13.0 Å². The maximum absolute atomic E-state index is 12.7. The van der Waals surface area contributed by atoms with Gasteiger partial charge in [-0.05, 0) is 43.4 Å². The van der Waals surface area contributed by atoms with Gasteiger partial charge in [-0.3, -0.25) is 0 Å². The summed E-state index contributed by atoms with van der Waals surface area (Å²) in [5.41, 5.74) is -1.06. The number of rotatable bonds is 0. The molecule has 1 aliphatic carbocycles. The molecule has 1 aromatic rings.